The summed E-state index contributed by atoms with van der Waals surface area (Å²) in [4.78, 5) is 24.2. The molecule has 1 aliphatic rings. The Morgan fingerprint density at radius 1 is 1.18 bits per heavy atom. The van der Waals surface area contributed by atoms with Crippen LogP contribution in [0.25, 0.3) is 5.69 Å². The number of carbonyl (C=O) groups excluding carboxylic acids is 1. The Kier molecular flexibility index (Phi) is 4.26. The Morgan fingerprint density at radius 2 is 1.93 bits per heavy atom. The molecule has 0 saturated carbocycles. The van der Waals surface area contributed by atoms with E-state index in [1.807, 2.05) is 35.0 Å². The number of rotatable bonds is 5. The first-order valence-electron chi connectivity index (χ1n) is 9.14. The molecule has 0 bridgehead atoms. The Bertz CT molecular complexity index is 1050. The van der Waals surface area contributed by atoms with E-state index in [1.54, 1.807) is 13.8 Å². The van der Waals surface area contributed by atoms with Crippen molar-refractivity contribution in [2.45, 2.75) is 38.6 Å². The van der Waals surface area contributed by atoms with Gasteiger partial charge in [0.25, 0.3) is 5.91 Å². The van der Waals surface area contributed by atoms with Gasteiger partial charge in [0.1, 0.15) is 0 Å². The molecule has 0 saturated heterocycles. The molecule has 144 valence electrons. The summed E-state index contributed by atoms with van der Waals surface area (Å²) in [6.45, 7) is 3.09. The molecule has 4 rings (SSSR count). The van der Waals surface area contributed by atoms with Crippen LogP contribution in [0.4, 0.5) is 5.69 Å². The third kappa shape index (κ3) is 2.96. The molecule has 0 radical (unpaired) electrons. The van der Waals surface area contributed by atoms with Crippen LogP contribution in [0.15, 0.2) is 42.7 Å². The van der Waals surface area contributed by atoms with Crippen molar-refractivity contribution in [3.05, 3.63) is 59.7 Å². The maximum absolute atomic E-state index is 12.9. The van der Waals surface area contributed by atoms with Gasteiger partial charge in [0, 0.05) is 17.5 Å². The number of nitrogens with one attached hydrogen (secondary N) is 1. The molecular formula is C20H21N5O3. The number of carboxylic acid groups (broad SMARTS) is 1. The van der Waals surface area contributed by atoms with Gasteiger partial charge >= 0.3 is 5.97 Å². The fourth-order valence-corrected chi connectivity index (χ4v) is 3.38. The zero-order chi connectivity index (χ0) is 19.9. The van der Waals surface area contributed by atoms with E-state index in [-0.39, 0.29) is 5.91 Å². The molecule has 8 heteroatoms. The van der Waals surface area contributed by atoms with Crippen LogP contribution in [0.1, 0.15) is 42.0 Å². The summed E-state index contributed by atoms with van der Waals surface area (Å²) in [6.07, 6.45) is 5.65. The lowest BCUT2D eigenvalue weighted by atomic mass is 10.1. The number of anilines is 1. The average molecular weight is 379 g/mol. The van der Waals surface area contributed by atoms with Gasteiger partial charge in [0.2, 0.25) is 0 Å². The van der Waals surface area contributed by atoms with Crippen LogP contribution < -0.4 is 5.32 Å². The first kappa shape index (κ1) is 18.0. The highest BCUT2D eigenvalue weighted by Crippen LogP contribution is 2.28. The second kappa shape index (κ2) is 6.63. The van der Waals surface area contributed by atoms with E-state index in [2.05, 4.69) is 15.5 Å². The minimum atomic E-state index is -1.21. The topological polar surface area (TPSA) is 102 Å². The average Bonchev–Trinajstić information content (AvgIpc) is 3.38. The molecule has 0 aliphatic heterocycles. The molecule has 2 aromatic heterocycles. The van der Waals surface area contributed by atoms with Gasteiger partial charge in [0.15, 0.2) is 11.2 Å². The second-order valence-electron chi connectivity index (χ2n) is 7.37. The zero-order valence-corrected chi connectivity index (χ0v) is 15.7. The van der Waals surface area contributed by atoms with Crippen molar-refractivity contribution in [1.29, 1.82) is 0 Å². The molecule has 0 atom stereocenters. The summed E-state index contributed by atoms with van der Waals surface area (Å²) in [7, 11) is 0. The predicted octanol–water partition coefficient (Wildman–Crippen LogP) is 2.63. The Labute approximate surface area is 161 Å². The lowest BCUT2D eigenvalue weighted by Crippen LogP contribution is -2.35. The molecule has 0 spiro atoms. The molecular weight excluding hydrogens is 358 g/mol. The van der Waals surface area contributed by atoms with E-state index in [0.29, 0.717) is 11.4 Å². The fourth-order valence-electron chi connectivity index (χ4n) is 3.38. The SMILES string of the molecule is CC(C)(C(=O)O)n1cc(NC(=O)c2nn(-c3ccccc3)c3c2CCC3)cn1. The standard InChI is InChI=1S/C20H21N5O3/c1-20(2,19(27)28)24-12-13(11-21-24)22-18(26)17-15-9-6-10-16(15)25(23-17)14-7-4-3-5-8-14/h3-5,7-8,11-12H,6,9-10H2,1-2H3,(H,22,26)(H,27,28). The second-order valence-corrected chi connectivity index (χ2v) is 7.37. The molecule has 0 fully saturated rings. The Hall–Kier alpha value is -3.42. The summed E-state index contributed by atoms with van der Waals surface area (Å²) >= 11 is 0. The number of para-hydroxylation sites is 1. The number of carboxylic acids is 1. The van der Waals surface area contributed by atoms with Crippen molar-refractivity contribution in [1.82, 2.24) is 19.6 Å². The van der Waals surface area contributed by atoms with E-state index in [4.69, 9.17) is 0 Å². The molecule has 0 unspecified atom stereocenters. The molecule has 2 N–H and O–H groups in total. The normalized spacial score (nSPS) is 13.4. The van der Waals surface area contributed by atoms with E-state index in [0.717, 1.165) is 36.2 Å². The van der Waals surface area contributed by atoms with Crippen LogP contribution in [0.5, 0.6) is 0 Å². The maximum atomic E-state index is 12.9. The summed E-state index contributed by atoms with van der Waals surface area (Å²) in [5.74, 6) is -1.33. The number of aromatic nitrogens is 4. The largest absolute Gasteiger partial charge is 0.479 e. The number of aliphatic carboxylic acids is 1. The zero-order valence-electron chi connectivity index (χ0n) is 15.7. The van der Waals surface area contributed by atoms with Crippen LogP contribution in [0.2, 0.25) is 0 Å². The number of hydrogen-bond acceptors (Lipinski definition) is 4. The van der Waals surface area contributed by atoms with Crippen molar-refractivity contribution < 1.29 is 14.7 Å². The summed E-state index contributed by atoms with van der Waals surface area (Å²) < 4.78 is 3.16. The quantitative estimate of drug-likeness (QED) is 0.709. The van der Waals surface area contributed by atoms with Crippen LogP contribution in [0, 0.1) is 0 Å². The van der Waals surface area contributed by atoms with Gasteiger partial charge in [-0.15, -0.1) is 0 Å². The van der Waals surface area contributed by atoms with Gasteiger partial charge in [-0.1, -0.05) is 18.2 Å². The van der Waals surface area contributed by atoms with Crippen molar-refractivity contribution in [2.75, 3.05) is 5.32 Å². The lowest BCUT2D eigenvalue weighted by molar-refractivity contribution is -0.146. The smallest absolute Gasteiger partial charge is 0.331 e. The van der Waals surface area contributed by atoms with Crippen LogP contribution in [0.3, 0.4) is 0 Å². The number of amides is 1. The van der Waals surface area contributed by atoms with Crippen molar-refractivity contribution in [2.24, 2.45) is 0 Å². The van der Waals surface area contributed by atoms with E-state index in [9.17, 15) is 14.7 Å². The van der Waals surface area contributed by atoms with Gasteiger partial charge < -0.3 is 10.4 Å². The van der Waals surface area contributed by atoms with Crippen LogP contribution in [-0.2, 0) is 23.2 Å². The minimum absolute atomic E-state index is 0.319. The first-order valence-corrected chi connectivity index (χ1v) is 9.14. The highest BCUT2D eigenvalue weighted by molar-refractivity contribution is 6.04. The van der Waals surface area contributed by atoms with E-state index < -0.39 is 11.5 Å². The number of nitrogens with zero attached hydrogens (tertiary/aromatic N) is 4. The minimum Gasteiger partial charge on any atom is -0.479 e. The van der Waals surface area contributed by atoms with Gasteiger partial charge in [-0.25, -0.2) is 9.48 Å². The summed E-state index contributed by atoms with van der Waals surface area (Å²) in [5.41, 5.74) is 2.59. The monoisotopic (exact) mass is 379 g/mol. The number of fused-ring (bicyclic) bond motifs is 1. The van der Waals surface area contributed by atoms with Crippen molar-refractivity contribution in [3.8, 4) is 5.69 Å². The molecule has 3 aromatic rings. The molecule has 8 nitrogen and oxygen atoms in total. The van der Waals surface area contributed by atoms with E-state index in [1.165, 1.54) is 17.1 Å². The van der Waals surface area contributed by atoms with Crippen LogP contribution >= 0.6 is 0 Å². The molecule has 1 aromatic carbocycles. The maximum Gasteiger partial charge on any atom is 0.331 e. The third-order valence-electron chi connectivity index (χ3n) is 5.08. The summed E-state index contributed by atoms with van der Waals surface area (Å²) in [5, 5.41) is 20.8. The first-order chi connectivity index (χ1) is 13.4. The molecule has 2 heterocycles. The molecule has 1 amide bonds. The van der Waals surface area contributed by atoms with Crippen LogP contribution in [-0.4, -0.2) is 36.5 Å². The third-order valence-corrected chi connectivity index (χ3v) is 5.08. The highest BCUT2D eigenvalue weighted by Gasteiger charge is 2.31. The number of carbonyl (C=O) groups is 2. The van der Waals surface area contributed by atoms with Crippen molar-refractivity contribution in [3.63, 3.8) is 0 Å². The number of hydrogen-bond donors (Lipinski definition) is 2. The van der Waals surface area contributed by atoms with Crippen molar-refractivity contribution >= 4 is 17.6 Å². The Morgan fingerprint density at radius 3 is 2.64 bits per heavy atom. The van der Waals surface area contributed by atoms with Gasteiger partial charge in [-0.3, -0.25) is 9.48 Å². The fraction of sp³-hybridized carbons (Fsp3) is 0.300. The van der Waals surface area contributed by atoms with Gasteiger partial charge in [-0.05, 0) is 45.2 Å². The highest BCUT2D eigenvalue weighted by atomic mass is 16.4. The predicted molar refractivity (Wildman–Crippen MR) is 103 cm³/mol. The molecule has 28 heavy (non-hydrogen) atoms. The van der Waals surface area contributed by atoms with Gasteiger partial charge in [-0.2, -0.15) is 10.2 Å². The van der Waals surface area contributed by atoms with Gasteiger partial charge in [0.05, 0.1) is 17.6 Å². The molecule has 1 aliphatic carbocycles. The lowest BCUT2D eigenvalue weighted by Gasteiger charge is -2.19. The Balaban J connectivity index is 1.62. The number of benzene rings is 1. The summed E-state index contributed by atoms with van der Waals surface area (Å²) in [6, 6.07) is 9.75. The van der Waals surface area contributed by atoms with E-state index >= 15 is 0 Å².